The monoisotopic (exact) mass is 753 g/mol. The highest BCUT2D eigenvalue weighted by molar-refractivity contribution is 5.90. The highest BCUT2D eigenvalue weighted by atomic mass is 15.1. The number of hydrogen-bond acceptors (Lipinski definition) is 1. The summed E-state index contributed by atoms with van der Waals surface area (Å²) in [5.41, 5.74) is 20.8. The maximum atomic E-state index is 2.46. The van der Waals surface area contributed by atoms with Crippen molar-refractivity contribution in [2.24, 2.45) is 0 Å². The molecule has 1 nitrogen and oxygen atoms in total. The number of fused-ring (bicyclic) bond motifs is 6. The molecule has 0 saturated heterocycles. The van der Waals surface area contributed by atoms with Gasteiger partial charge in [-0.3, -0.25) is 0 Å². The van der Waals surface area contributed by atoms with E-state index >= 15 is 0 Å². The summed E-state index contributed by atoms with van der Waals surface area (Å²) in [6.07, 6.45) is 0. The Balaban J connectivity index is 1.08. The third-order valence-corrected chi connectivity index (χ3v) is 13.3. The molecule has 280 valence electrons. The molecular formula is C58H43N. The van der Waals surface area contributed by atoms with Gasteiger partial charge < -0.3 is 4.90 Å². The van der Waals surface area contributed by atoms with Gasteiger partial charge in [0, 0.05) is 27.9 Å². The maximum absolute atomic E-state index is 2.46. The summed E-state index contributed by atoms with van der Waals surface area (Å²) < 4.78 is 0. The molecule has 0 spiro atoms. The Morgan fingerprint density at radius 2 is 0.593 bits per heavy atom. The van der Waals surface area contributed by atoms with E-state index in [4.69, 9.17) is 0 Å². The van der Waals surface area contributed by atoms with Crippen molar-refractivity contribution in [3.8, 4) is 44.5 Å². The first-order valence-corrected chi connectivity index (χ1v) is 20.7. The van der Waals surface area contributed by atoms with Gasteiger partial charge in [0.05, 0.1) is 0 Å². The smallest absolute Gasteiger partial charge is 0.0465 e. The minimum Gasteiger partial charge on any atom is -0.310 e. The van der Waals surface area contributed by atoms with Crippen LogP contribution in [0.15, 0.2) is 224 Å². The Bertz CT molecular complexity index is 2840. The second kappa shape index (κ2) is 13.7. The number of benzene rings is 9. The maximum Gasteiger partial charge on any atom is 0.0465 e. The van der Waals surface area contributed by atoms with Crippen molar-refractivity contribution in [1.29, 1.82) is 0 Å². The molecule has 0 heterocycles. The zero-order valence-electron chi connectivity index (χ0n) is 33.3. The summed E-state index contributed by atoms with van der Waals surface area (Å²) in [4.78, 5) is 2.46. The predicted octanol–water partition coefficient (Wildman–Crippen LogP) is 15.2. The number of rotatable bonds is 7. The van der Waals surface area contributed by atoms with Gasteiger partial charge in [-0.2, -0.15) is 0 Å². The van der Waals surface area contributed by atoms with E-state index in [2.05, 4.69) is 243 Å². The minimum atomic E-state index is -0.309. The largest absolute Gasteiger partial charge is 0.310 e. The van der Waals surface area contributed by atoms with Crippen molar-refractivity contribution in [3.05, 3.63) is 258 Å². The van der Waals surface area contributed by atoms with Crippen LogP contribution in [0, 0.1) is 0 Å². The first-order chi connectivity index (χ1) is 29.0. The summed E-state index contributed by atoms with van der Waals surface area (Å²) in [5, 5.41) is 0. The van der Waals surface area contributed by atoms with E-state index in [0.717, 1.165) is 17.1 Å². The zero-order chi connectivity index (χ0) is 39.6. The normalized spacial score (nSPS) is 17.1. The molecule has 0 amide bonds. The quantitative estimate of drug-likeness (QED) is 0.157. The molecule has 2 aliphatic carbocycles. The average molecular weight is 754 g/mol. The zero-order valence-corrected chi connectivity index (χ0v) is 33.3. The van der Waals surface area contributed by atoms with Crippen LogP contribution < -0.4 is 4.90 Å². The van der Waals surface area contributed by atoms with Gasteiger partial charge in [0.2, 0.25) is 0 Å². The van der Waals surface area contributed by atoms with Crippen molar-refractivity contribution >= 4 is 17.1 Å². The average Bonchev–Trinajstić information content (AvgIpc) is 3.73. The van der Waals surface area contributed by atoms with Gasteiger partial charge >= 0.3 is 0 Å². The molecule has 0 fully saturated rings. The molecule has 0 saturated carbocycles. The second-order valence-corrected chi connectivity index (χ2v) is 16.4. The molecule has 9 aromatic rings. The van der Waals surface area contributed by atoms with Crippen LogP contribution in [0.25, 0.3) is 44.5 Å². The Morgan fingerprint density at radius 3 is 1.03 bits per heavy atom. The Kier molecular flexibility index (Phi) is 8.13. The molecule has 2 unspecified atom stereocenters. The topological polar surface area (TPSA) is 3.24 Å². The van der Waals surface area contributed by atoms with Gasteiger partial charge in [0.25, 0.3) is 0 Å². The Morgan fingerprint density at radius 1 is 0.271 bits per heavy atom. The lowest BCUT2D eigenvalue weighted by molar-refractivity contribution is 0.713. The molecule has 0 aliphatic heterocycles. The molecular weight excluding hydrogens is 711 g/mol. The summed E-state index contributed by atoms with van der Waals surface area (Å²) in [6.45, 7) is 4.80. The number of anilines is 3. The molecule has 59 heavy (non-hydrogen) atoms. The molecule has 0 radical (unpaired) electrons. The molecule has 2 aliphatic rings. The van der Waals surface area contributed by atoms with Crippen LogP contribution >= 0.6 is 0 Å². The molecule has 1 heteroatoms. The fraction of sp³-hybridized carbons (Fsp3) is 0.0690. The van der Waals surface area contributed by atoms with E-state index in [1.807, 2.05) is 0 Å². The van der Waals surface area contributed by atoms with Crippen LogP contribution in [0.4, 0.5) is 17.1 Å². The van der Waals surface area contributed by atoms with Crippen LogP contribution in [-0.2, 0) is 10.8 Å². The van der Waals surface area contributed by atoms with Crippen molar-refractivity contribution in [2.75, 3.05) is 4.90 Å². The van der Waals surface area contributed by atoms with Crippen LogP contribution in [0.3, 0.4) is 0 Å². The third kappa shape index (κ3) is 5.46. The van der Waals surface area contributed by atoms with Crippen molar-refractivity contribution in [3.63, 3.8) is 0 Å². The van der Waals surface area contributed by atoms with E-state index in [1.54, 1.807) is 0 Å². The molecule has 0 aromatic heterocycles. The van der Waals surface area contributed by atoms with Crippen LogP contribution in [0.5, 0.6) is 0 Å². The van der Waals surface area contributed by atoms with Crippen molar-refractivity contribution in [2.45, 2.75) is 24.7 Å². The van der Waals surface area contributed by atoms with Crippen molar-refractivity contribution in [1.82, 2.24) is 0 Å². The first kappa shape index (κ1) is 35.0. The standard InChI is InChI=1S/C58H43N/c1-57(44-18-8-4-9-19-44)53-24-14-12-22-49(53)51-36-34-47(38-55(51)57)59(46-32-30-43(31-33-46)42-28-26-41(27-29-42)40-16-6-3-7-17-40)48-35-37-52-50-23-13-15-25-54(50)58(2,56(52)39-48)45-20-10-5-11-21-45/h3-39H,1-2H3. The van der Waals surface area contributed by atoms with E-state index in [9.17, 15) is 0 Å². The second-order valence-electron chi connectivity index (χ2n) is 16.4. The van der Waals surface area contributed by atoms with E-state index < -0.39 is 0 Å². The molecule has 0 bridgehead atoms. The highest BCUT2D eigenvalue weighted by Gasteiger charge is 2.42. The van der Waals surface area contributed by atoms with Crippen LogP contribution in [-0.4, -0.2) is 0 Å². The molecule has 0 N–H and O–H groups in total. The predicted molar refractivity (Wildman–Crippen MR) is 247 cm³/mol. The Hall–Kier alpha value is -7.22. The summed E-state index contributed by atoms with van der Waals surface area (Å²) in [6, 6.07) is 82.8. The van der Waals surface area contributed by atoms with Gasteiger partial charge in [-0.05, 0) is 128 Å². The highest BCUT2D eigenvalue weighted by Crippen LogP contribution is 2.56. The summed E-state index contributed by atoms with van der Waals surface area (Å²) in [7, 11) is 0. The fourth-order valence-electron chi connectivity index (χ4n) is 10.1. The van der Waals surface area contributed by atoms with Gasteiger partial charge in [-0.25, -0.2) is 0 Å². The summed E-state index contributed by atoms with van der Waals surface area (Å²) in [5.74, 6) is 0. The van der Waals surface area contributed by atoms with Crippen molar-refractivity contribution < 1.29 is 0 Å². The summed E-state index contributed by atoms with van der Waals surface area (Å²) >= 11 is 0. The van der Waals surface area contributed by atoms with Crippen LogP contribution in [0.2, 0.25) is 0 Å². The van der Waals surface area contributed by atoms with E-state index in [1.165, 1.54) is 77.9 Å². The fourth-order valence-corrected chi connectivity index (χ4v) is 10.1. The van der Waals surface area contributed by atoms with Gasteiger partial charge in [-0.15, -0.1) is 0 Å². The third-order valence-electron chi connectivity index (χ3n) is 13.3. The molecule has 2 atom stereocenters. The van der Waals surface area contributed by atoms with Gasteiger partial charge in [-0.1, -0.05) is 188 Å². The van der Waals surface area contributed by atoms with E-state index in [0.29, 0.717) is 0 Å². The lowest BCUT2D eigenvalue weighted by Gasteiger charge is -2.32. The van der Waals surface area contributed by atoms with Gasteiger partial charge in [0.15, 0.2) is 0 Å². The SMILES string of the molecule is CC1(c2ccccc2)c2ccccc2-c2ccc(N(c3ccc(-c4ccc(-c5ccccc5)cc4)cc3)c3ccc4c(c3)C(C)(c3ccccc3)c3ccccc3-4)cc21. The van der Waals surface area contributed by atoms with E-state index in [-0.39, 0.29) is 10.8 Å². The minimum absolute atomic E-state index is 0.309. The molecule has 9 aromatic carbocycles. The van der Waals surface area contributed by atoms with Gasteiger partial charge in [0.1, 0.15) is 0 Å². The number of nitrogens with zero attached hydrogens (tertiary/aromatic N) is 1. The lowest BCUT2D eigenvalue weighted by Crippen LogP contribution is -2.23. The van der Waals surface area contributed by atoms with Crippen LogP contribution in [0.1, 0.15) is 47.2 Å². The molecule has 11 rings (SSSR count). The number of hydrogen-bond donors (Lipinski definition) is 0. The first-order valence-electron chi connectivity index (χ1n) is 20.7. The Labute approximate surface area is 347 Å². The lowest BCUT2D eigenvalue weighted by atomic mass is 9.74.